The van der Waals surface area contributed by atoms with Crippen molar-refractivity contribution in [3.05, 3.63) is 65.0 Å². The van der Waals surface area contributed by atoms with E-state index in [2.05, 4.69) is 21.7 Å². The molecule has 1 aromatic heterocycles. The van der Waals surface area contributed by atoms with E-state index in [0.29, 0.717) is 17.2 Å². The van der Waals surface area contributed by atoms with E-state index in [4.69, 9.17) is 10.00 Å². The van der Waals surface area contributed by atoms with Crippen LogP contribution in [0.2, 0.25) is 0 Å². The number of benzene rings is 2. The SMILES string of the molecule is COc1ccc(CNC(=O)Nc2nc(-c3ccc(C#N)cc3)cs2)cc1. The molecule has 2 N–H and O–H groups in total. The van der Waals surface area contributed by atoms with Gasteiger partial charge in [0.1, 0.15) is 5.75 Å². The summed E-state index contributed by atoms with van der Waals surface area (Å²) in [7, 11) is 1.61. The molecule has 0 saturated carbocycles. The second kappa shape index (κ2) is 8.14. The van der Waals surface area contributed by atoms with Gasteiger partial charge in [-0.05, 0) is 29.8 Å². The number of nitrogens with zero attached hydrogens (tertiary/aromatic N) is 2. The highest BCUT2D eigenvalue weighted by Crippen LogP contribution is 2.25. The summed E-state index contributed by atoms with van der Waals surface area (Å²) in [6.07, 6.45) is 0. The lowest BCUT2D eigenvalue weighted by molar-refractivity contribution is 0.251. The van der Waals surface area contributed by atoms with Gasteiger partial charge in [-0.25, -0.2) is 9.78 Å². The topological polar surface area (TPSA) is 87.0 Å². The molecule has 7 heteroatoms. The Bertz CT molecular complexity index is 927. The number of urea groups is 1. The number of rotatable bonds is 5. The molecule has 3 rings (SSSR count). The van der Waals surface area contributed by atoms with Crippen molar-refractivity contribution in [1.29, 1.82) is 5.26 Å². The third-order valence-electron chi connectivity index (χ3n) is 3.65. The fourth-order valence-corrected chi connectivity index (χ4v) is 2.96. The molecule has 0 spiro atoms. The molecule has 0 radical (unpaired) electrons. The van der Waals surface area contributed by atoms with E-state index in [1.165, 1.54) is 11.3 Å². The van der Waals surface area contributed by atoms with E-state index in [-0.39, 0.29) is 6.03 Å². The Morgan fingerprint density at radius 1 is 1.19 bits per heavy atom. The summed E-state index contributed by atoms with van der Waals surface area (Å²) >= 11 is 1.34. The number of nitriles is 1. The number of hydrogen-bond acceptors (Lipinski definition) is 5. The van der Waals surface area contributed by atoms with E-state index in [1.54, 1.807) is 19.2 Å². The zero-order chi connectivity index (χ0) is 18.4. The molecule has 0 aliphatic rings. The Morgan fingerprint density at radius 3 is 2.58 bits per heavy atom. The lowest BCUT2D eigenvalue weighted by atomic mass is 10.1. The van der Waals surface area contributed by atoms with Crippen LogP contribution in [0.15, 0.2) is 53.9 Å². The highest BCUT2D eigenvalue weighted by atomic mass is 32.1. The van der Waals surface area contributed by atoms with Crippen LogP contribution in [-0.2, 0) is 6.54 Å². The molecule has 0 unspecified atom stereocenters. The predicted octanol–water partition coefficient (Wildman–Crippen LogP) is 4.01. The molecule has 0 bridgehead atoms. The van der Waals surface area contributed by atoms with Gasteiger partial charge in [-0.3, -0.25) is 5.32 Å². The predicted molar refractivity (Wildman–Crippen MR) is 101 cm³/mol. The van der Waals surface area contributed by atoms with Crippen molar-refractivity contribution in [3.8, 4) is 23.1 Å². The molecule has 2 amide bonds. The zero-order valence-electron chi connectivity index (χ0n) is 14.0. The maximum Gasteiger partial charge on any atom is 0.321 e. The maximum atomic E-state index is 12.0. The minimum atomic E-state index is -0.318. The first kappa shape index (κ1) is 17.5. The Balaban J connectivity index is 1.56. The van der Waals surface area contributed by atoms with Crippen LogP contribution in [0.3, 0.4) is 0 Å². The average Bonchev–Trinajstić information content (AvgIpc) is 3.15. The van der Waals surface area contributed by atoms with E-state index < -0.39 is 0 Å². The van der Waals surface area contributed by atoms with E-state index >= 15 is 0 Å². The lowest BCUT2D eigenvalue weighted by Crippen LogP contribution is -2.28. The highest BCUT2D eigenvalue weighted by Gasteiger charge is 2.08. The minimum Gasteiger partial charge on any atom is -0.497 e. The Hall–Kier alpha value is -3.37. The van der Waals surface area contributed by atoms with Crippen molar-refractivity contribution in [2.24, 2.45) is 0 Å². The molecule has 1 heterocycles. The quantitative estimate of drug-likeness (QED) is 0.716. The lowest BCUT2D eigenvalue weighted by Gasteiger charge is -2.06. The number of methoxy groups -OCH3 is 1. The number of ether oxygens (including phenoxy) is 1. The number of anilines is 1. The smallest absolute Gasteiger partial charge is 0.321 e. The molecule has 6 nitrogen and oxygen atoms in total. The molecule has 3 aromatic rings. The van der Waals surface area contributed by atoms with Crippen LogP contribution in [0, 0.1) is 11.3 Å². The van der Waals surface area contributed by atoms with E-state index in [0.717, 1.165) is 22.6 Å². The average molecular weight is 364 g/mol. The van der Waals surface area contributed by atoms with Crippen molar-refractivity contribution < 1.29 is 9.53 Å². The summed E-state index contributed by atoms with van der Waals surface area (Å²) in [5.74, 6) is 0.774. The van der Waals surface area contributed by atoms with Gasteiger partial charge >= 0.3 is 6.03 Å². The van der Waals surface area contributed by atoms with Gasteiger partial charge in [-0.15, -0.1) is 11.3 Å². The minimum absolute atomic E-state index is 0.318. The van der Waals surface area contributed by atoms with Crippen LogP contribution in [0.4, 0.5) is 9.93 Å². The zero-order valence-corrected chi connectivity index (χ0v) is 14.8. The van der Waals surface area contributed by atoms with Gasteiger partial charge in [-0.2, -0.15) is 5.26 Å². The van der Waals surface area contributed by atoms with Crippen molar-refractivity contribution in [2.45, 2.75) is 6.54 Å². The van der Waals surface area contributed by atoms with Crippen LogP contribution in [0.25, 0.3) is 11.3 Å². The number of aromatic nitrogens is 1. The summed E-state index contributed by atoms with van der Waals surface area (Å²) in [4.78, 5) is 16.4. The Labute approximate surface area is 155 Å². The van der Waals surface area contributed by atoms with Gasteiger partial charge in [0.05, 0.1) is 24.4 Å². The van der Waals surface area contributed by atoms with Gasteiger partial charge in [0.2, 0.25) is 0 Å². The second-order valence-electron chi connectivity index (χ2n) is 5.38. The highest BCUT2D eigenvalue weighted by molar-refractivity contribution is 7.14. The number of nitrogens with one attached hydrogen (secondary N) is 2. The normalized spacial score (nSPS) is 10.0. The molecule has 0 fully saturated rings. The third kappa shape index (κ3) is 4.37. The number of amides is 2. The van der Waals surface area contributed by atoms with Crippen LogP contribution in [0.1, 0.15) is 11.1 Å². The van der Waals surface area contributed by atoms with Gasteiger partial charge in [0, 0.05) is 17.5 Å². The fraction of sp³-hybridized carbons (Fsp3) is 0.105. The summed E-state index contributed by atoms with van der Waals surface area (Å²) in [6, 6.07) is 16.4. The number of carbonyl (C=O) groups is 1. The van der Waals surface area contributed by atoms with E-state index in [1.807, 2.05) is 41.8 Å². The number of hydrogen-bond donors (Lipinski definition) is 2. The van der Waals surface area contributed by atoms with Gasteiger partial charge < -0.3 is 10.1 Å². The molecule has 2 aromatic carbocycles. The molecule has 130 valence electrons. The standard InChI is InChI=1S/C19H16N4O2S/c1-25-16-8-4-14(5-9-16)11-21-18(24)23-19-22-17(12-26-19)15-6-2-13(10-20)3-7-15/h2-9,12H,11H2,1H3,(H2,21,22,23,24). The van der Waals surface area contributed by atoms with Crippen molar-refractivity contribution in [1.82, 2.24) is 10.3 Å². The molecular formula is C19H16N4O2S. The molecule has 0 aliphatic heterocycles. The fourth-order valence-electron chi connectivity index (χ4n) is 2.25. The van der Waals surface area contributed by atoms with Crippen LogP contribution < -0.4 is 15.4 Å². The Kier molecular flexibility index (Phi) is 5.46. The second-order valence-corrected chi connectivity index (χ2v) is 6.24. The molecule has 26 heavy (non-hydrogen) atoms. The summed E-state index contributed by atoms with van der Waals surface area (Å²) in [6.45, 7) is 0.406. The number of carbonyl (C=O) groups excluding carboxylic acids is 1. The third-order valence-corrected chi connectivity index (χ3v) is 4.40. The summed E-state index contributed by atoms with van der Waals surface area (Å²) in [5, 5.41) is 16.7. The molecule has 0 atom stereocenters. The first-order valence-corrected chi connectivity index (χ1v) is 8.70. The molecular weight excluding hydrogens is 348 g/mol. The van der Waals surface area contributed by atoms with Crippen LogP contribution >= 0.6 is 11.3 Å². The van der Waals surface area contributed by atoms with Crippen LogP contribution in [-0.4, -0.2) is 18.1 Å². The van der Waals surface area contributed by atoms with Crippen LogP contribution in [0.5, 0.6) is 5.75 Å². The largest absolute Gasteiger partial charge is 0.497 e. The van der Waals surface area contributed by atoms with Gasteiger partial charge in [0.25, 0.3) is 0 Å². The van der Waals surface area contributed by atoms with E-state index in [9.17, 15) is 4.79 Å². The van der Waals surface area contributed by atoms with Crippen molar-refractivity contribution in [3.63, 3.8) is 0 Å². The first-order valence-electron chi connectivity index (χ1n) is 7.82. The van der Waals surface area contributed by atoms with Crippen molar-refractivity contribution in [2.75, 3.05) is 12.4 Å². The molecule has 0 aliphatic carbocycles. The Morgan fingerprint density at radius 2 is 1.92 bits per heavy atom. The summed E-state index contributed by atoms with van der Waals surface area (Å²) in [5.41, 5.74) is 3.22. The summed E-state index contributed by atoms with van der Waals surface area (Å²) < 4.78 is 5.10. The van der Waals surface area contributed by atoms with Gasteiger partial charge in [-0.1, -0.05) is 24.3 Å². The monoisotopic (exact) mass is 364 g/mol. The van der Waals surface area contributed by atoms with Crippen molar-refractivity contribution >= 4 is 22.5 Å². The maximum absolute atomic E-state index is 12.0. The first-order chi connectivity index (χ1) is 12.7. The van der Waals surface area contributed by atoms with Gasteiger partial charge in [0.15, 0.2) is 5.13 Å². The molecule has 0 saturated heterocycles. The number of thiazole rings is 1.